The highest BCUT2D eigenvalue weighted by Crippen LogP contribution is 2.39. The molecule has 1 rings (SSSR count). The predicted octanol–water partition coefficient (Wildman–Crippen LogP) is 3.72. The minimum Gasteiger partial charge on any atom is -0.496 e. The highest BCUT2D eigenvalue weighted by Gasteiger charge is 2.21. The van der Waals surface area contributed by atoms with E-state index in [0.717, 1.165) is 18.4 Å². The lowest BCUT2D eigenvalue weighted by Crippen LogP contribution is -2.08. The zero-order valence-electron chi connectivity index (χ0n) is 11.4. The lowest BCUT2D eigenvalue weighted by Gasteiger charge is -2.19. The van der Waals surface area contributed by atoms with E-state index < -0.39 is 5.97 Å². The van der Waals surface area contributed by atoms with Gasteiger partial charge in [0.15, 0.2) is 0 Å². The molecular weight excluding hydrogens is 268 g/mol. The first-order valence-electron chi connectivity index (χ1n) is 6.16. The minimum atomic E-state index is -0.826. The topological polar surface area (TPSA) is 55.8 Å². The zero-order valence-corrected chi connectivity index (χ0v) is 12.2. The van der Waals surface area contributed by atoms with Crippen molar-refractivity contribution in [1.29, 1.82) is 0 Å². The number of ether oxygens (including phenoxy) is 2. The summed E-state index contributed by atoms with van der Waals surface area (Å²) in [5, 5.41) is 9.47. The van der Waals surface area contributed by atoms with E-state index in [0.29, 0.717) is 16.5 Å². The van der Waals surface area contributed by atoms with Gasteiger partial charge < -0.3 is 14.6 Å². The molecule has 0 aromatic heterocycles. The number of rotatable bonds is 7. The molecule has 1 aromatic rings. The van der Waals surface area contributed by atoms with Gasteiger partial charge in [-0.05, 0) is 24.0 Å². The van der Waals surface area contributed by atoms with Gasteiger partial charge in [-0.1, -0.05) is 24.9 Å². The Morgan fingerprint density at radius 2 is 1.95 bits per heavy atom. The Bertz CT molecular complexity index is 445. The fourth-order valence-electron chi connectivity index (χ4n) is 2.13. The molecule has 0 aliphatic heterocycles. The average molecular weight is 287 g/mol. The van der Waals surface area contributed by atoms with Gasteiger partial charge in [0.1, 0.15) is 11.5 Å². The second-order valence-corrected chi connectivity index (χ2v) is 4.72. The third-order valence-electron chi connectivity index (χ3n) is 3.00. The minimum absolute atomic E-state index is 0.0624. The van der Waals surface area contributed by atoms with Crippen molar-refractivity contribution in [2.75, 3.05) is 14.2 Å². The molecule has 0 bridgehead atoms. The SMILES string of the molecule is CCCC(CC(=O)O)c1cc(Cl)c(OC)cc1OC. The third kappa shape index (κ3) is 4.03. The van der Waals surface area contributed by atoms with Crippen LogP contribution in [-0.4, -0.2) is 25.3 Å². The smallest absolute Gasteiger partial charge is 0.303 e. The number of carboxylic acids is 1. The summed E-state index contributed by atoms with van der Waals surface area (Å²) in [5.41, 5.74) is 0.817. The second kappa shape index (κ2) is 7.24. The molecule has 1 N–H and O–H groups in total. The second-order valence-electron chi connectivity index (χ2n) is 4.31. The van der Waals surface area contributed by atoms with E-state index in [9.17, 15) is 4.79 Å². The first kappa shape index (κ1) is 15.6. The molecule has 0 radical (unpaired) electrons. The van der Waals surface area contributed by atoms with Gasteiger partial charge in [0.05, 0.1) is 25.7 Å². The lowest BCUT2D eigenvalue weighted by atomic mass is 9.90. The van der Waals surface area contributed by atoms with Crippen molar-refractivity contribution in [2.24, 2.45) is 0 Å². The van der Waals surface area contributed by atoms with Gasteiger partial charge in [-0.3, -0.25) is 4.79 Å². The summed E-state index contributed by atoms with van der Waals surface area (Å²) < 4.78 is 10.5. The van der Waals surface area contributed by atoms with Crippen molar-refractivity contribution in [3.63, 3.8) is 0 Å². The van der Waals surface area contributed by atoms with E-state index in [1.807, 2.05) is 6.92 Å². The summed E-state index contributed by atoms with van der Waals surface area (Å²) in [6.07, 6.45) is 1.73. The van der Waals surface area contributed by atoms with Crippen LogP contribution < -0.4 is 9.47 Å². The molecule has 0 saturated heterocycles. The van der Waals surface area contributed by atoms with Crippen LogP contribution in [0.1, 0.15) is 37.7 Å². The fraction of sp³-hybridized carbons (Fsp3) is 0.500. The van der Waals surface area contributed by atoms with Crippen LogP contribution >= 0.6 is 11.6 Å². The maximum absolute atomic E-state index is 11.0. The number of benzene rings is 1. The van der Waals surface area contributed by atoms with Crippen molar-refractivity contribution >= 4 is 17.6 Å². The maximum Gasteiger partial charge on any atom is 0.303 e. The predicted molar refractivity (Wildman–Crippen MR) is 74.5 cm³/mol. The largest absolute Gasteiger partial charge is 0.496 e. The van der Waals surface area contributed by atoms with E-state index in [1.54, 1.807) is 19.2 Å². The Kier molecular flexibility index (Phi) is 5.96. The summed E-state index contributed by atoms with van der Waals surface area (Å²) in [7, 11) is 3.08. The first-order chi connectivity index (χ1) is 9.03. The van der Waals surface area contributed by atoms with Crippen LogP contribution in [0.3, 0.4) is 0 Å². The number of carbonyl (C=O) groups is 1. The summed E-state index contributed by atoms with van der Waals surface area (Å²) in [6, 6.07) is 3.44. The van der Waals surface area contributed by atoms with Crippen molar-refractivity contribution in [2.45, 2.75) is 32.1 Å². The summed E-state index contributed by atoms with van der Waals surface area (Å²) in [5.74, 6) is 0.196. The average Bonchev–Trinajstić information content (AvgIpc) is 2.37. The monoisotopic (exact) mass is 286 g/mol. The Hall–Kier alpha value is -1.42. The van der Waals surface area contributed by atoms with E-state index >= 15 is 0 Å². The summed E-state index contributed by atoms with van der Waals surface area (Å²) in [4.78, 5) is 11.0. The van der Waals surface area contributed by atoms with Crippen LogP contribution in [0.4, 0.5) is 0 Å². The number of carboxylic acid groups (broad SMARTS) is 1. The van der Waals surface area contributed by atoms with Crippen LogP contribution in [0, 0.1) is 0 Å². The van der Waals surface area contributed by atoms with Gasteiger partial charge in [-0.15, -0.1) is 0 Å². The van der Waals surface area contributed by atoms with Crippen LogP contribution in [-0.2, 0) is 4.79 Å². The Labute approximate surface area is 118 Å². The highest BCUT2D eigenvalue weighted by atomic mass is 35.5. The molecular formula is C14H19ClO4. The van der Waals surface area contributed by atoms with Gasteiger partial charge in [-0.2, -0.15) is 0 Å². The Balaban J connectivity index is 3.20. The third-order valence-corrected chi connectivity index (χ3v) is 3.30. The molecule has 1 atom stereocenters. The quantitative estimate of drug-likeness (QED) is 0.830. The Morgan fingerprint density at radius 3 is 2.42 bits per heavy atom. The normalized spacial score (nSPS) is 12.0. The standard InChI is InChI=1S/C14H19ClO4/c1-4-5-9(6-14(16)17)10-7-11(15)13(19-3)8-12(10)18-2/h7-9H,4-6H2,1-3H3,(H,16,17). The summed E-state index contributed by atoms with van der Waals surface area (Å²) in [6.45, 7) is 2.02. The van der Waals surface area contributed by atoms with E-state index in [1.165, 1.54) is 7.11 Å². The van der Waals surface area contributed by atoms with Crippen LogP contribution in [0.5, 0.6) is 11.5 Å². The number of hydrogen-bond donors (Lipinski definition) is 1. The van der Waals surface area contributed by atoms with Crippen LogP contribution in [0.15, 0.2) is 12.1 Å². The Morgan fingerprint density at radius 1 is 1.32 bits per heavy atom. The van der Waals surface area contributed by atoms with Crippen molar-refractivity contribution < 1.29 is 19.4 Å². The highest BCUT2D eigenvalue weighted by molar-refractivity contribution is 6.32. The van der Waals surface area contributed by atoms with Crippen LogP contribution in [0.2, 0.25) is 5.02 Å². The molecule has 1 aromatic carbocycles. The molecule has 0 amide bonds. The van der Waals surface area contributed by atoms with E-state index in [2.05, 4.69) is 0 Å². The molecule has 0 fully saturated rings. The zero-order chi connectivity index (χ0) is 14.4. The summed E-state index contributed by atoms with van der Waals surface area (Å²) >= 11 is 6.11. The van der Waals surface area contributed by atoms with Gasteiger partial charge in [0, 0.05) is 6.07 Å². The molecule has 1 unspecified atom stereocenters. The maximum atomic E-state index is 11.0. The fourth-order valence-corrected chi connectivity index (χ4v) is 2.38. The number of hydrogen-bond acceptors (Lipinski definition) is 3. The first-order valence-corrected chi connectivity index (χ1v) is 6.54. The number of methoxy groups -OCH3 is 2. The molecule has 5 heteroatoms. The van der Waals surface area contributed by atoms with Crippen molar-refractivity contribution in [3.8, 4) is 11.5 Å². The molecule has 0 saturated carbocycles. The van der Waals surface area contributed by atoms with Gasteiger partial charge in [0.25, 0.3) is 0 Å². The van der Waals surface area contributed by atoms with Gasteiger partial charge in [0.2, 0.25) is 0 Å². The molecule has 19 heavy (non-hydrogen) atoms. The van der Waals surface area contributed by atoms with Crippen LogP contribution in [0.25, 0.3) is 0 Å². The molecule has 0 heterocycles. The van der Waals surface area contributed by atoms with Gasteiger partial charge >= 0.3 is 5.97 Å². The molecule has 4 nitrogen and oxygen atoms in total. The lowest BCUT2D eigenvalue weighted by molar-refractivity contribution is -0.137. The molecule has 0 aliphatic carbocycles. The van der Waals surface area contributed by atoms with Gasteiger partial charge in [-0.25, -0.2) is 0 Å². The molecule has 0 spiro atoms. The number of halogens is 1. The molecule has 106 valence electrons. The van der Waals surface area contributed by atoms with E-state index in [-0.39, 0.29) is 12.3 Å². The van der Waals surface area contributed by atoms with Crippen molar-refractivity contribution in [3.05, 3.63) is 22.7 Å². The number of aliphatic carboxylic acids is 1. The molecule has 0 aliphatic rings. The van der Waals surface area contributed by atoms with E-state index in [4.69, 9.17) is 26.2 Å². The van der Waals surface area contributed by atoms with Crippen molar-refractivity contribution in [1.82, 2.24) is 0 Å².